The fraction of sp³-hybridized carbons (Fsp3) is 0.500. The van der Waals surface area contributed by atoms with Gasteiger partial charge in [0.25, 0.3) is 5.69 Å². The molecule has 1 aliphatic rings. The van der Waals surface area contributed by atoms with Crippen LogP contribution in [0, 0.1) is 16.0 Å². The molecule has 3 N–H and O–H groups in total. The quantitative estimate of drug-likeness (QED) is 0.335. The van der Waals surface area contributed by atoms with Crippen LogP contribution in [0.3, 0.4) is 0 Å². The first-order valence-electron chi connectivity index (χ1n) is 6.02. The van der Waals surface area contributed by atoms with Gasteiger partial charge in [-0.3, -0.25) is 10.1 Å². The van der Waals surface area contributed by atoms with Crippen molar-refractivity contribution >= 4 is 17.1 Å². The second kappa shape index (κ2) is 5.68. The molecule has 2 rings (SSSR count). The highest BCUT2D eigenvalue weighted by Crippen LogP contribution is 2.28. The van der Waals surface area contributed by atoms with Gasteiger partial charge in [0.1, 0.15) is 0 Å². The molecule has 1 aromatic carbocycles. The van der Waals surface area contributed by atoms with Crippen LogP contribution in [-0.4, -0.2) is 24.7 Å². The van der Waals surface area contributed by atoms with Crippen LogP contribution in [0.5, 0.6) is 0 Å². The maximum Gasteiger partial charge on any atom is 0.271 e. The van der Waals surface area contributed by atoms with E-state index in [1.165, 1.54) is 25.0 Å². The van der Waals surface area contributed by atoms with Crippen LogP contribution in [0.4, 0.5) is 17.1 Å². The number of hydrogen-bond donors (Lipinski definition) is 2. The van der Waals surface area contributed by atoms with E-state index in [-0.39, 0.29) is 5.69 Å². The van der Waals surface area contributed by atoms with Crippen LogP contribution in [0.15, 0.2) is 18.2 Å². The molecule has 0 bridgehead atoms. The minimum atomic E-state index is -0.459. The van der Waals surface area contributed by atoms with Crippen molar-refractivity contribution < 1.29 is 9.66 Å². The number of nitro groups is 1. The van der Waals surface area contributed by atoms with Gasteiger partial charge >= 0.3 is 0 Å². The Morgan fingerprint density at radius 3 is 2.89 bits per heavy atom. The van der Waals surface area contributed by atoms with Crippen molar-refractivity contribution in [3.05, 3.63) is 28.3 Å². The molecule has 1 aromatic rings. The first-order valence-corrected chi connectivity index (χ1v) is 6.02. The van der Waals surface area contributed by atoms with Crippen LogP contribution < -0.4 is 11.1 Å². The number of nitrogens with one attached hydrogen (secondary N) is 1. The Morgan fingerprint density at radius 1 is 1.50 bits per heavy atom. The third-order valence-corrected chi connectivity index (χ3v) is 2.86. The highest BCUT2D eigenvalue weighted by Gasteiger charge is 2.20. The molecular weight excluding hydrogens is 234 g/mol. The first kappa shape index (κ1) is 12.6. The van der Waals surface area contributed by atoms with Gasteiger partial charge in [-0.1, -0.05) is 0 Å². The summed E-state index contributed by atoms with van der Waals surface area (Å²) in [7, 11) is 0. The molecule has 0 amide bonds. The van der Waals surface area contributed by atoms with E-state index >= 15 is 0 Å². The van der Waals surface area contributed by atoms with E-state index in [2.05, 4.69) is 5.32 Å². The van der Waals surface area contributed by atoms with Crippen molar-refractivity contribution in [2.45, 2.75) is 12.8 Å². The zero-order valence-corrected chi connectivity index (χ0v) is 10.1. The first-order chi connectivity index (χ1) is 8.66. The summed E-state index contributed by atoms with van der Waals surface area (Å²) in [5, 5.41) is 13.6. The van der Waals surface area contributed by atoms with Crippen molar-refractivity contribution in [3.63, 3.8) is 0 Å². The molecular formula is C12H17N3O3. The van der Waals surface area contributed by atoms with Crippen LogP contribution in [-0.2, 0) is 4.74 Å². The zero-order valence-electron chi connectivity index (χ0n) is 10.1. The smallest absolute Gasteiger partial charge is 0.271 e. The van der Waals surface area contributed by atoms with E-state index < -0.39 is 4.92 Å². The molecule has 0 unspecified atom stereocenters. The Labute approximate surface area is 105 Å². The number of non-ortho nitro benzene ring substituents is 1. The van der Waals surface area contributed by atoms with E-state index in [1.54, 1.807) is 6.07 Å². The number of nitrogens with zero attached hydrogens (tertiary/aromatic N) is 1. The normalized spacial score (nSPS) is 14.4. The van der Waals surface area contributed by atoms with E-state index in [0.29, 0.717) is 24.5 Å². The maximum atomic E-state index is 10.5. The van der Waals surface area contributed by atoms with Crippen LogP contribution in [0.2, 0.25) is 0 Å². The Hall–Kier alpha value is -1.82. The Bertz CT molecular complexity index is 433. The highest BCUT2D eigenvalue weighted by atomic mass is 16.6. The van der Waals surface area contributed by atoms with Crippen LogP contribution in [0.25, 0.3) is 0 Å². The topological polar surface area (TPSA) is 90.4 Å². The summed E-state index contributed by atoms with van der Waals surface area (Å²) < 4.78 is 5.47. The van der Waals surface area contributed by atoms with E-state index in [9.17, 15) is 10.1 Å². The largest absolute Gasteiger partial charge is 0.397 e. The van der Waals surface area contributed by atoms with Crippen molar-refractivity contribution in [2.24, 2.45) is 5.92 Å². The number of rotatable bonds is 7. The average Bonchev–Trinajstić information content (AvgIpc) is 3.14. The fourth-order valence-electron chi connectivity index (χ4n) is 1.62. The standard InChI is InChI=1S/C12H17N3O3/c13-11-7-10(15(16)17)3-4-12(11)14-5-6-18-8-9-1-2-9/h3-4,7,9,14H,1-2,5-6,8,13H2. The number of ether oxygens (including phenoxy) is 1. The second-order valence-electron chi connectivity index (χ2n) is 4.47. The molecule has 0 spiro atoms. The lowest BCUT2D eigenvalue weighted by atomic mass is 10.2. The van der Waals surface area contributed by atoms with Gasteiger partial charge in [-0.05, 0) is 24.8 Å². The van der Waals surface area contributed by atoms with Crippen molar-refractivity contribution in [2.75, 3.05) is 30.8 Å². The van der Waals surface area contributed by atoms with Gasteiger partial charge in [-0.25, -0.2) is 0 Å². The highest BCUT2D eigenvalue weighted by molar-refractivity contribution is 5.69. The monoisotopic (exact) mass is 251 g/mol. The molecule has 1 aliphatic carbocycles. The average molecular weight is 251 g/mol. The summed E-state index contributed by atoms with van der Waals surface area (Å²) in [6.07, 6.45) is 2.56. The third-order valence-electron chi connectivity index (χ3n) is 2.86. The van der Waals surface area contributed by atoms with Crippen LogP contribution in [0.1, 0.15) is 12.8 Å². The predicted octanol–water partition coefficient (Wildman–Crippen LogP) is 2.02. The van der Waals surface area contributed by atoms with Gasteiger partial charge in [-0.15, -0.1) is 0 Å². The molecule has 1 fully saturated rings. The molecule has 18 heavy (non-hydrogen) atoms. The van der Waals surface area contributed by atoms with Crippen molar-refractivity contribution in [1.82, 2.24) is 0 Å². The summed E-state index contributed by atoms with van der Waals surface area (Å²) in [5.41, 5.74) is 6.81. The lowest BCUT2D eigenvalue weighted by molar-refractivity contribution is -0.384. The Balaban J connectivity index is 1.75. The van der Waals surface area contributed by atoms with Crippen LogP contribution >= 0.6 is 0 Å². The molecule has 0 heterocycles. The lowest BCUT2D eigenvalue weighted by Gasteiger charge is -2.09. The molecule has 0 radical (unpaired) electrons. The summed E-state index contributed by atoms with van der Waals surface area (Å²) >= 11 is 0. The van der Waals surface area contributed by atoms with Gasteiger partial charge in [0.05, 0.1) is 22.9 Å². The number of nitrogen functional groups attached to an aromatic ring is 1. The van der Waals surface area contributed by atoms with E-state index in [1.807, 2.05) is 0 Å². The Morgan fingerprint density at radius 2 is 2.28 bits per heavy atom. The van der Waals surface area contributed by atoms with Gasteiger partial charge in [-0.2, -0.15) is 0 Å². The second-order valence-corrected chi connectivity index (χ2v) is 4.47. The van der Waals surface area contributed by atoms with E-state index in [0.717, 1.165) is 12.5 Å². The third kappa shape index (κ3) is 3.59. The van der Waals surface area contributed by atoms with Gasteiger partial charge in [0.15, 0.2) is 0 Å². The zero-order chi connectivity index (χ0) is 13.0. The molecule has 1 saturated carbocycles. The molecule has 0 aromatic heterocycles. The molecule has 0 aliphatic heterocycles. The molecule has 6 heteroatoms. The van der Waals surface area contributed by atoms with Gasteiger partial charge in [0, 0.05) is 25.3 Å². The lowest BCUT2D eigenvalue weighted by Crippen LogP contribution is -2.11. The van der Waals surface area contributed by atoms with E-state index in [4.69, 9.17) is 10.5 Å². The fourth-order valence-corrected chi connectivity index (χ4v) is 1.62. The minimum absolute atomic E-state index is 0.00281. The number of anilines is 2. The molecule has 0 saturated heterocycles. The summed E-state index contributed by atoms with van der Waals surface area (Å²) in [4.78, 5) is 10.1. The summed E-state index contributed by atoms with van der Waals surface area (Å²) in [6.45, 7) is 2.10. The SMILES string of the molecule is Nc1cc([N+](=O)[O-])ccc1NCCOCC1CC1. The number of hydrogen-bond acceptors (Lipinski definition) is 5. The van der Waals surface area contributed by atoms with Crippen molar-refractivity contribution in [1.29, 1.82) is 0 Å². The predicted molar refractivity (Wildman–Crippen MR) is 69.5 cm³/mol. The molecule has 0 atom stereocenters. The number of nitrogens with two attached hydrogens (primary N) is 1. The number of nitro benzene ring substituents is 1. The summed E-state index contributed by atoms with van der Waals surface area (Å²) in [5.74, 6) is 0.759. The summed E-state index contributed by atoms with van der Waals surface area (Å²) in [6, 6.07) is 4.41. The van der Waals surface area contributed by atoms with Gasteiger partial charge < -0.3 is 15.8 Å². The van der Waals surface area contributed by atoms with Crippen molar-refractivity contribution in [3.8, 4) is 0 Å². The van der Waals surface area contributed by atoms with Gasteiger partial charge in [0.2, 0.25) is 0 Å². The minimum Gasteiger partial charge on any atom is -0.397 e. The molecule has 6 nitrogen and oxygen atoms in total. The Kier molecular flexibility index (Phi) is 3.99. The molecule has 98 valence electrons. The number of benzene rings is 1. The maximum absolute atomic E-state index is 10.5.